The molecule has 4 heterocycles. The molecule has 4 rings (SSSR count). The lowest BCUT2D eigenvalue weighted by atomic mass is 10.2. The second kappa shape index (κ2) is 8.49. The summed E-state index contributed by atoms with van der Waals surface area (Å²) >= 11 is 0. The molecule has 9 nitrogen and oxygen atoms in total. The zero-order chi connectivity index (χ0) is 22.1. The standard InChI is InChI=1S/C22H29N7O2/c1-6-17(30)28-9-8-16(12-28)27(4)20-18-21(25-13-24-20)29(7-2)19(26-18)15-10-14(3)22(31-5)23-11-15/h10-11,13,16H,6-9,12H2,1-5H3/t16-/m0/s1. The Morgan fingerprint density at radius 3 is 2.77 bits per heavy atom. The number of likely N-dealkylation sites (N-methyl/N-ethyl adjacent to an activating group) is 1. The van der Waals surface area contributed by atoms with Gasteiger partial charge in [0.2, 0.25) is 11.8 Å². The summed E-state index contributed by atoms with van der Waals surface area (Å²) in [5.74, 6) is 2.40. The Labute approximate surface area is 182 Å². The summed E-state index contributed by atoms with van der Waals surface area (Å²) in [6.45, 7) is 8.15. The van der Waals surface area contributed by atoms with Crippen molar-refractivity contribution >= 4 is 22.9 Å². The second-order valence-electron chi connectivity index (χ2n) is 7.85. The first kappa shape index (κ1) is 21.0. The third-order valence-electron chi connectivity index (χ3n) is 6.01. The number of rotatable bonds is 6. The predicted molar refractivity (Wildman–Crippen MR) is 119 cm³/mol. The van der Waals surface area contributed by atoms with Crippen LogP contribution in [0.2, 0.25) is 0 Å². The van der Waals surface area contributed by atoms with Gasteiger partial charge in [-0.2, -0.15) is 0 Å². The minimum atomic E-state index is 0.198. The number of hydrogen-bond acceptors (Lipinski definition) is 7. The van der Waals surface area contributed by atoms with Gasteiger partial charge >= 0.3 is 0 Å². The predicted octanol–water partition coefficient (Wildman–Crippen LogP) is 2.67. The quantitative estimate of drug-likeness (QED) is 0.602. The Morgan fingerprint density at radius 2 is 2.10 bits per heavy atom. The van der Waals surface area contributed by atoms with Crippen molar-refractivity contribution in [1.82, 2.24) is 29.4 Å². The maximum Gasteiger partial charge on any atom is 0.222 e. The second-order valence-corrected chi connectivity index (χ2v) is 7.85. The summed E-state index contributed by atoms with van der Waals surface area (Å²) < 4.78 is 7.38. The highest BCUT2D eigenvalue weighted by atomic mass is 16.5. The van der Waals surface area contributed by atoms with E-state index < -0.39 is 0 Å². The van der Waals surface area contributed by atoms with Gasteiger partial charge in [0.05, 0.1) is 7.11 Å². The molecular weight excluding hydrogens is 394 g/mol. The molecule has 0 bridgehead atoms. The molecule has 0 aliphatic carbocycles. The van der Waals surface area contributed by atoms with Crippen LogP contribution in [0.5, 0.6) is 5.88 Å². The van der Waals surface area contributed by atoms with E-state index in [1.807, 2.05) is 31.9 Å². The number of likely N-dealkylation sites (tertiary alicyclic amines) is 1. The Hall–Kier alpha value is -3.23. The molecule has 0 unspecified atom stereocenters. The van der Waals surface area contributed by atoms with Crippen molar-refractivity contribution in [1.29, 1.82) is 0 Å². The number of aromatic nitrogens is 5. The van der Waals surface area contributed by atoms with Crippen molar-refractivity contribution in [2.24, 2.45) is 0 Å². The number of fused-ring (bicyclic) bond motifs is 1. The van der Waals surface area contributed by atoms with E-state index in [1.165, 1.54) is 0 Å². The Bertz CT molecular complexity index is 1110. The number of anilines is 1. The van der Waals surface area contributed by atoms with Crippen LogP contribution in [-0.2, 0) is 11.3 Å². The van der Waals surface area contributed by atoms with E-state index in [2.05, 4.69) is 31.3 Å². The first-order chi connectivity index (χ1) is 15.0. The Balaban J connectivity index is 1.74. The van der Waals surface area contributed by atoms with Crippen LogP contribution < -0.4 is 9.64 Å². The van der Waals surface area contributed by atoms with Gasteiger partial charge in [-0.3, -0.25) is 4.79 Å². The smallest absolute Gasteiger partial charge is 0.222 e. The van der Waals surface area contributed by atoms with E-state index in [0.29, 0.717) is 18.8 Å². The minimum absolute atomic E-state index is 0.198. The van der Waals surface area contributed by atoms with Crippen LogP contribution in [0.15, 0.2) is 18.6 Å². The number of pyridine rings is 1. The fourth-order valence-electron chi connectivity index (χ4n) is 4.28. The molecule has 0 spiro atoms. The number of imidazole rings is 1. The molecule has 31 heavy (non-hydrogen) atoms. The first-order valence-corrected chi connectivity index (χ1v) is 10.7. The van der Waals surface area contributed by atoms with E-state index >= 15 is 0 Å². The molecule has 3 aromatic rings. The molecule has 0 saturated carbocycles. The summed E-state index contributed by atoms with van der Waals surface area (Å²) in [5, 5.41) is 0. The van der Waals surface area contributed by atoms with Gasteiger partial charge in [0.15, 0.2) is 17.0 Å². The van der Waals surface area contributed by atoms with Crippen molar-refractivity contribution in [2.45, 2.75) is 46.2 Å². The van der Waals surface area contributed by atoms with Crippen molar-refractivity contribution in [3.05, 3.63) is 24.2 Å². The van der Waals surface area contributed by atoms with Crippen LogP contribution in [0.3, 0.4) is 0 Å². The van der Waals surface area contributed by atoms with E-state index in [4.69, 9.17) is 9.72 Å². The van der Waals surface area contributed by atoms with E-state index in [1.54, 1.807) is 19.6 Å². The number of hydrogen-bond donors (Lipinski definition) is 0. The lowest BCUT2D eigenvalue weighted by Gasteiger charge is -2.25. The van der Waals surface area contributed by atoms with Gasteiger partial charge < -0.3 is 19.1 Å². The van der Waals surface area contributed by atoms with Gasteiger partial charge in [-0.1, -0.05) is 6.92 Å². The van der Waals surface area contributed by atoms with Gasteiger partial charge in [-0.05, 0) is 26.3 Å². The van der Waals surface area contributed by atoms with Gasteiger partial charge in [0.25, 0.3) is 0 Å². The monoisotopic (exact) mass is 423 g/mol. The van der Waals surface area contributed by atoms with Crippen LogP contribution in [0.4, 0.5) is 5.82 Å². The van der Waals surface area contributed by atoms with Gasteiger partial charge in [0, 0.05) is 56.5 Å². The van der Waals surface area contributed by atoms with Crippen molar-refractivity contribution < 1.29 is 9.53 Å². The highest BCUT2D eigenvalue weighted by molar-refractivity contribution is 5.87. The maximum atomic E-state index is 12.1. The molecule has 0 N–H and O–H groups in total. The van der Waals surface area contributed by atoms with Crippen LogP contribution in [0.1, 0.15) is 32.3 Å². The van der Waals surface area contributed by atoms with E-state index in [0.717, 1.165) is 53.4 Å². The SMILES string of the molecule is CCC(=O)N1CC[C@H](N(C)c2ncnc3c2nc(-c2cnc(OC)c(C)c2)n3CC)C1. The molecule has 1 amide bonds. The summed E-state index contributed by atoms with van der Waals surface area (Å²) in [6, 6.07) is 2.23. The van der Waals surface area contributed by atoms with Crippen molar-refractivity contribution in [2.75, 3.05) is 32.1 Å². The minimum Gasteiger partial charge on any atom is -0.481 e. The molecule has 1 aliphatic rings. The lowest BCUT2D eigenvalue weighted by Crippen LogP contribution is -2.37. The Morgan fingerprint density at radius 1 is 1.29 bits per heavy atom. The molecule has 1 saturated heterocycles. The van der Waals surface area contributed by atoms with Crippen LogP contribution in [0, 0.1) is 6.92 Å². The average molecular weight is 424 g/mol. The number of ether oxygens (including phenoxy) is 1. The van der Waals surface area contributed by atoms with E-state index in [9.17, 15) is 4.79 Å². The Kier molecular flexibility index (Phi) is 5.75. The fraction of sp³-hybridized carbons (Fsp3) is 0.500. The van der Waals surface area contributed by atoms with Crippen molar-refractivity contribution in [3.63, 3.8) is 0 Å². The molecular formula is C22H29N7O2. The first-order valence-electron chi connectivity index (χ1n) is 10.7. The van der Waals surface area contributed by atoms with Gasteiger partial charge in [-0.15, -0.1) is 0 Å². The lowest BCUT2D eigenvalue weighted by molar-refractivity contribution is -0.129. The van der Waals surface area contributed by atoms with Crippen molar-refractivity contribution in [3.8, 4) is 17.3 Å². The largest absolute Gasteiger partial charge is 0.481 e. The van der Waals surface area contributed by atoms with Gasteiger partial charge in [0.1, 0.15) is 12.2 Å². The number of amides is 1. The average Bonchev–Trinajstić information content (AvgIpc) is 3.42. The van der Waals surface area contributed by atoms with Crippen LogP contribution >= 0.6 is 0 Å². The molecule has 1 fully saturated rings. The number of methoxy groups -OCH3 is 1. The number of aryl methyl sites for hydroxylation is 2. The van der Waals surface area contributed by atoms with E-state index in [-0.39, 0.29) is 11.9 Å². The summed E-state index contributed by atoms with van der Waals surface area (Å²) in [6.07, 6.45) is 4.82. The normalized spacial score (nSPS) is 16.2. The zero-order valence-electron chi connectivity index (χ0n) is 18.8. The molecule has 1 aliphatic heterocycles. The zero-order valence-corrected chi connectivity index (χ0v) is 18.8. The topological polar surface area (TPSA) is 89.3 Å². The molecule has 0 aromatic carbocycles. The fourth-order valence-corrected chi connectivity index (χ4v) is 4.28. The summed E-state index contributed by atoms with van der Waals surface area (Å²) in [4.78, 5) is 34.6. The van der Waals surface area contributed by atoms with Crippen LogP contribution in [0.25, 0.3) is 22.6 Å². The number of carbonyl (C=O) groups is 1. The number of carbonyl (C=O) groups excluding carboxylic acids is 1. The molecule has 0 radical (unpaired) electrons. The third-order valence-corrected chi connectivity index (χ3v) is 6.01. The highest BCUT2D eigenvalue weighted by Crippen LogP contribution is 2.31. The highest BCUT2D eigenvalue weighted by Gasteiger charge is 2.30. The van der Waals surface area contributed by atoms with Gasteiger partial charge in [-0.25, -0.2) is 19.9 Å². The molecule has 9 heteroatoms. The van der Waals surface area contributed by atoms with Crippen LogP contribution in [-0.4, -0.2) is 68.6 Å². The summed E-state index contributed by atoms with van der Waals surface area (Å²) in [7, 11) is 3.64. The maximum absolute atomic E-state index is 12.1. The summed E-state index contributed by atoms with van der Waals surface area (Å²) in [5.41, 5.74) is 3.41. The number of nitrogens with zero attached hydrogens (tertiary/aromatic N) is 7. The molecule has 1 atom stereocenters. The third kappa shape index (κ3) is 3.68. The molecule has 164 valence electrons. The molecule has 3 aromatic heterocycles.